The van der Waals surface area contributed by atoms with Gasteiger partial charge in [0.1, 0.15) is 23.5 Å². The molecule has 0 aliphatic carbocycles. The summed E-state index contributed by atoms with van der Waals surface area (Å²) in [5.74, 6) is -4.73. The molecule has 12 nitrogen and oxygen atoms in total. The van der Waals surface area contributed by atoms with Crippen molar-refractivity contribution in [2.75, 3.05) is 0 Å². The van der Waals surface area contributed by atoms with Gasteiger partial charge in [0.2, 0.25) is 17.7 Å². The third-order valence-electron chi connectivity index (χ3n) is 5.78. The molecule has 12 heteroatoms. The minimum atomic E-state index is -1.52. The number of carbonyl (C=O) groups is 5. The summed E-state index contributed by atoms with van der Waals surface area (Å²) in [5, 5.41) is 26.5. The van der Waals surface area contributed by atoms with Gasteiger partial charge in [0, 0.05) is 30.9 Å². The first-order chi connectivity index (χ1) is 18.6. The van der Waals surface area contributed by atoms with Crippen LogP contribution >= 0.6 is 0 Å². The molecule has 0 radical (unpaired) electrons. The highest BCUT2D eigenvalue weighted by Gasteiger charge is 2.27. The van der Waals surface area contributed by atoms with Crippen LogP contribution in [0, 0.1) is 0 Å². The number of carboxylic acids is 2. The molecule has 3 rings (SSSR count). The third-order valence-corrected chi connectivity index (χ3v) is 5.78. The van der Waals surface area contributed by atoms with Gasteiger partial charge in [-0.2, -0.15) is 0 Å². The number of carboxylic acid groups (broad SMARTS) is 2. The first kappa shape index (κ1) is 28.6. The molecule has 0 unspecified atom stereocenters. The van der Waals surface area contributed by atoms with Crippen molar-refractivity contribution in [1.82, 2.24) is 15.8 Å². The molecular weight excluding hydrogens is 508 g/mol. The molecule has 1 aromatic heterocycles. The standard InChI is InChI=1S/C27H28N4O8/c28-26(37)22(15-25(35)36)30-27(38)20(11-13-24(33)34)29-23(32)12-10-19-14-21(31-39-19)18-8-6-17(7-9-18)16-4-2-1-3-5-16/h1-9,14,20,22H,10-13,15H2,(H2,28,37)(H,29,32)(H,30,38)(H,33,34)(H,35,36)/t20-,22-/m0/s1. The van der Waals surface area contributed by atoms with Crippen LogP contribution in [0.4, 0.5) is 0 Å². The lowest BCUT2D eigenvalue weighted by Crippen LogP contribution is -2.53. The second kappa shape index (κ2) is 13.5. The Bertz CT molecular complexity index is 1320. The fourth-order valence-electron chi connectivity index (χ4n) is 3.74. The number of rotatable bonds is 14. The second-order valence-electron chi connectivity index (χ2n) is 8.74. The topological polar surface area (TPSA) is 202 Å². The summed E-state index contributed by atoms with van der Waals surface area (Å²) in [6, 6.07) is 16.5. The number of amides is 3. The van der Waals surface area contributed by atoms with Crippen molar-refractivity contribution in [2.45, 2.75) is 44.2 Å². The number of hydrogen-bond donors (Lipinski definition) is 5. The molecule has 3 aromatic rings. The number of nitrogens with one attached hydrogen (secondary N) is 2. The summed E-state index contributed by atoms with van der Waals surface area (Å²) < 4.78 is 5.34. The maximum Gasteiger partial charge on any atom is 0.305 e. The summed E-state index contributed by atoms with van der Waals surface area (Å²) in [5.41, 5.74) is 8.67. The zero-order chi connectivity index (χ0) is 28.4. The number of aliphatic carboxylic acids is 2. The lowest BCUT2D eigenvalue weighted by molar-refractivity contribution is -0.140. The van der Waals surface area contributed by atoms with Gasteiger partial charge in [0.05, 0.1) is 6.42 Å². The summed E-state index contributed by atoms with van der Waals surface area (Å²) in [7, 11) is 0. The Labute approximate surface area is 223 Å². The van der Waals surface area contributed by atoms with Crippen molar-refractivity contribution in [2.24, 2.45) is 5.73 Å². The lowest BCUT2D eigenvalue weighted by Gasteiger charge is -2.20. The molecule has 0 bridgehead atoms. The molecule has 6 N–H and O–H groups in total. The van der Waals surface area contributed by atoms with Crippen LogP contribution in [0.3, 0.4) is 0 Å². The van der Waals surface area contributed by atoms with Crippen molar-refractivity contribution in [3.05, 3.63) is 66.4 Å². The van der Waals surface area contributed by atoms with Crippen molar-refractivity contribution < 1.29 is 38.7 Å². The summed E-state index contributed by atoms with van der Waals surface area (Å²) in [4.78, 5) is 58.5. The summed E-state index contributed by atoms with van der Waals surface area (Å²) in [6.07, 6.45) is -1.45. The van der Waals surface area contributed by atoms with Crippen molar-refractivity contribution in [3.63, 3.8) is 0 Å². The monoisotopic (exact) mass is 536 g/mol. The minimum absolute atomic E-state index is 0.104. The van der Waals surface area contributed by atoms with E-state index < -0.39 is 54.6 Å². The van der Waals surface area contributed by atoms with Gasteiger partial charge < -0.3 is 31.1 Å². The maximum absolute atomic E-state index is 12.6. The van der Waals surface area contributed by atoms with Crippen LogP contribution in [0.2, 0.25) is 0 Å². The quantitative estimate of drug-likeness (QED) is 0.203. The number of nitrogens with zero attached hydrogens (tertiary/aromatic N) is 1. The fraction of sp³-hybridized carbons (Fsp3) is 0.259. The van der Waals surface area contributed by atoms with E-state index in [9.17, 15) is 24.0 Å². The van der Waals surface area contributed by atoms with E-state index in [1.807, 2.05) is 54.6 Å². The number of primary amides is 1. The fourth-order valence-corrected chi connectivity index (χ4v) is 3.74. The predicted molar refractivity (Wildman–Crippen MR) is 138 cm³/mol. The average molecular weight is 537 g/mol. The molecule has 0 saturated carbocycles. The number of carbonyl (C=O) groups excluding carboxylic acids is 3. The molecular formula is C27H28N4O8. The normalized spacial score (nSPS) is 12.2. The highest BCUT2D eigenvalue weighted by Crippen LogP contribution is 2.25. The van der Waals surface area contributed by atoms with Gasteiger partial charge in [0.15, 0.2) is 0 Å². The molecule has 0 aliphatic rings. The largest absolute Gasteiger partial charge is 0.481 e. The Morgan fingerprint density at radius 3 is 2.08 bits per heavy atom. The Balaban J connectivity index is 1.58. The van der Waals surface area contributed by atoms with E-state index in [4.69, 9.17) is 20.5 Å². The van der Waals surface area contributed by atoms with Crippen LogP contribution in [0.15, 0.2) is 65.2 Å². The smallest absolute Gasteiger partial charge is 0.305 e. The number of aryl methyl sites for hydroxylation is 1. The van der Waals surface area contributed by atoms with Crippen LogP contribution in [0.5, 0.6) is 0 Å². The van der Waals surface area contributed by atoms with Crippen LogP contribution in [-0.2, 0) is 30.4 Å². The zero-order valence-corrected chi connectivity index (χ0v) is 20.8. The predicted octanol–water partition coefficient (Wildman–Crippen LogP) is 1.74. The highest BCUT2D eigenvalue weighted by atomic mass is 16.5. The highest BCUT2D eigenvalue weighted by molar-refractivity contribution is 5.93. The Morgan fingerprint density at radius 1 is 0.821 bits per heavy atom. The molecule has 1 heterocycles. The van der Waals surface area contributed by atoms with E-state index in [0.717, 1.165) is 16.7 Å². The summed E-state index contributed by atoms with van der Waals surface area (Å²) in [6.45, 7) is 0. The van der Waals surface area contributed by atoms with Crippen molar-refractivity contribution in [3.8, 4) is 22.4 Å². The molecule has 3 amide bonds. The number of hydrogen-bond acceptors (Lipinski definition) is 7. The van der Waals surface area contributed by atoms with Crippen molar-refractivity contribution >= 4 is 29.7 Å². The minimum Gasteiger partial charge on any atom is -0.481 e. The molecule has 0 spiro atoms. The Kier molecular flexibility index (Phi) is 9.90. The first-order valence-electron chi connectivity index (χ1n) is 12.1. The van der Waals surface area contributed by atoms with Gasteiger partial charge in [-0.25, -0.2) is 0 Å². The first-order valence-corrected chi connectivity index (χ1v) is 12.1. The van der Waals surface area contributed by atoms with Crippen LogP contribution in [0.1, 0.15) is 31.4 Å². The van der Waals surface area contributed by atoms with Gasteiger partial charge in [0.25, 0.3) is 0 Å². The van der Waals surface area contributed by atoms with E-state index in [0.29, 0.717) is 11.5 Å². The number of nitrogens with two attached hydrogens (primary N) is 1. The van der Waals surface area contributed by atoms with E-state index in [1.165, 1.54) is 0 Å². The van der Waals surface area contributed by atoms with Gasteiger partial charge >= 0.3 is 11.9 Å². The second-order valence-corrected chi connectivity index (χ2v) is 8.74. The van der Waals surface area contributed by atoms with Gasteiger partial charge in [-0.3, -0.25) is 24.0 Å². The average Bonchev–Trinajstić information content (AvgIpc) is 3.38. The van der Waals surface area contributed by atoms with Crippen LogP contribution in [0.25, 0.3) is 22.4 Å². The Morgan fingerprint density at radius 2 is 1.46 bits per heavy atom. The van der Waals surface area contributed by atoms with Gasteiger partial charge in [-0.05, 0) is 17.5 Å². The van der Waals surface area contributed by atoms with E-state index in [2.05, 4.69) is 15.8 Å². The van der Waals surface area contributed by atoms with Gasteiger partial charge in [-0.1, -0.05) is 59.8 Å². The lowest BCUT2D eigenvalue weighted by atomic mass is 10.0. The molecule has 0 saturated heterocycles. The van der Waals surface area contributed by atoms with E-state index in [1.54, 1.807) is 6.07 Å². The number of benzene rings is 2. The van der Waals surface area contributed by atoms with E-state index >= 15 is 0 Å². The third kappa shape index (κ3) is 8.81. The maximum atomic E-state index is 12.6. The zero-order valence-electron chi connectivity index (χ0n) is 20.8. The summed E-state index contributed by atoms with van der Waals surface area (Å²) >= 11 is 0. The van der Waals surface area contributed by atoms with Crippen molar-refractivity contribution in [1.29, 1.82) is 0 Å². The van der Waals surface area contributed by atoms with Crippen LogP contribution in [-0.4, -0.2) is 57.1 Å². The Hall–Kier alpha value is -5.00. The molecule has 0 fully saturated rings. The molecule has 0 aliphatic heterocycles. The molecule has 39 heavy (non-hydrogen) atoms. The molecule has 204 valence electrons. The van der Waals surface area contributed by atoms with Crippen LogP contribution < -0.4 is 16.4 Å². The van der Waals surface area contributed by atoms with Gasteiger partial charge in [-0.15, -0.1) is 0 Å². The SMILES string of the molecule is NC(=O)[C@H](CC(=O)O)NC(=O)[C@H](CCC(=O)O)NC(=O)CCc1cc(-c2ccc(-c3ccccc3)cc2)no1. The number of aromatic nitrogens is 1. The molecule has 2 atom stereocenters. The molecule has 2 aromatic carbocycles. The van der Waals surface area contributed by atoms with E-state index in [-0.39, 0.29) is 19.3 Å².